The molecule has 2 heteroatoms. The smallest absolute Gasteiger partial charge is 0.209 e. The number of nitrogens with zero attached hydrogens (tertiary/aromatic N) is 1. The van der Waals surface area contributed by atoms with Crippen LogP contribution in [-0.2, 0) is 4.79 Å². The Bertz CT molecular complexity index is 136. The number of carbonyl (C=O) groups excluding carboxylic acids is 1. The molecule has 0 N–H and O–H groups in total. The van der Waals surface area contributed by atoms with Gasteiger partial charge in [-0.2, -0.15) is 0 Å². The van der Waals surface area contributed by atoms with E-state index in [1.54, 1.807) is 0 Å². The molecule has 2 nitrogen and oxygen atoms in total. The molecule has 0 bridgehead atoms. The molecule has 11 heavy (non-hydrogen) atoms. The Balaban J connectivity index is 2.21. The highest BCUT2D eigenvalue weighted by Crippen LogP contribution is 2.23. The molecule has 0 radical (unpaired) electrons. The van der Waals surface area contributed by atoms with Gasteiger partial charge in [0, 0.05) is 12.6 Å². The highest BCUT2D eigenvalue weighted by atomic mass is 16.1. The average Bonchev–Trinajstić information content (AvgIpc) is 1.98. The van der Waals surface area contributed by atoms with E-state index in [4.69, 9.17) is 0 Å². The second-order valence-electron chi connectivity index (χ2n) is 3.53. The van der Waals surface area contributed by atoms with Crippen LogP contribution in [0.3, 0.4) is 0 Å². The molecule has 1 saturated heterocycles. The normalized spacial score (nSPS) is 26.0. The summed E-state index contributed by atoms with van der Waals surface area (Å²) in [7, 11) is 0. The van der Waals surface area contributed by atoms with E-state index in [-0.39, 0.29) is 0 Å². The van der Waals surface area contributed by atoms with Crippen molar-refractivity contribution in [2.45, 2.75) is 39.2 Å². The highest BCUT2D eigenvalue weighted by molar-refractivity contribution is 5.49. The van der Waals surface area contributed by atoms with E-state index in [2.05, 4.69) is 13.8 Å². The quantitative estimate of drug-likeness (QED) is 0.565. The van der Waals surface area contributed by atoms with Gasteiger partial charge in [-0.25, -0.2) is 0 Å². The van der Waals surface area contributed by atoms with Crippen LogP contribution in [-0.4, -0.2) is 23.9 Å². The van der Waals surface area contributed by atoms with Crippen LogP contribution in [0, 0.1) is 5.92 Å². The van der Waals surface area contributed by atoms with E-state index in [9.17, 15) is 4.79 Å². The zero-order chi connectivity index (χ0) is 8.27. The average molecular weight is 155 g/mol. The van der Waals surface area contributed by atoms with Crippen molar-refractivity contribution in [3.05, 3.63) is 0 Å². The van der Waals surface area contributed by atoms with Crippen LogP contribution in [0.1, 0.15) is 33.1 Å². The zero-order valence-corrected chi connectivity index (χ0v) is 7.42. The predicted molar refractivity (Wildman–Crippen MR) is 45.2 cm³/mol. The van der Waals surface area contributed by atoms with Crippen LogP contribution in [0.4, 0.5) is 0 Å². The first-order chi connectivity index (χ1) is 5.27. The van der Waals surface area contributed by atoms with E-state index >= 15 is 0 Å². The number of hydrogen-bond acceptors (Lipinski definition) is 1. The molecule has 0 aliphatic carbocycles. The summed E-state index contributed by atoms with van der Waals surface area (Å²) in [6, 6.07) is 0.558. The number of hydrogen-bond donors (Lipinski definition) is 0. The zero-order valence-electron chi connectivity index (χ0n) is 7.42. The summed E-state index contributed by atoms with van der Waals surface area (Å²) in [6.45, 7) is 5.43. The second kappa shape index (κ2) is 3.74. The van der Waals surface area contributed by atoms with E-state index in [0.717, 1.165) is 18.9 Å². The molecule has 1 fully saturated rings. The standard InChI is InChI=1S/C9H17NO/c1-3-8(2)6-9-4-5-10(9)7-11/h7-9H,3-6H2,1-2H3. The van der Waals surface area contributed by atoms with Crippen LogP contribution in [0.15, 0.2) is 0 Å². The van der Waals surface area contributed by atoms with E-state index in [1.807, 2.05) is 4.90 Å². The number of likely N-dealkylation sites (tertiary alicyclic amines) is 1. The Morgan fingerprint density at radius 3 is 2.82 bits per heavy atom. The third kappa shape index (κ3) is 1.95. The van der Waals surface area contributed by atoms with E-state index in [0.29, 0.717) is 6.04 Å². The van der Waals surface area contributed by atoms with Crippen molar-refractivity contribution in [3.8, 4) is 0 Å². The van der Waals surface area contributed by atoms with Crippen molar-refractivity contribution < 1.29 is 4.79 Å². The summed E-state index contributed by atoms with van der Waals surface area (Å²) < 4.78 is 0. The van der Waals surface area contributed by atoms with Gasteiger partial charge in [-0.05, 0) is 18.8 Å². The van der Waals surface area contributed by atoms with Crippen LogP contribution in [0.2, 0.25) is 0 Å². The first-order valence-electron chi connectivity index (χ1n) is 4.49. The molecule has 0 aromatic rings. The summed E-state index contributed by atoms with van der Waals surface area (Å²) in [5.41, 5.74) is 0. The van der Waals surface area contributed by atoms with E-state index < -0.39 is 0 Å². The van der Waals surface area contributed by atoms with Gasteiger partial charge in [0.2, 0.25) is 6.41 Å². The van der Waals surface area contributed by atoms with Crippen LogP contribution < -0.4 is 0 Å². The molecule has 1 heterocycles. The largest absolute Gasteiger partial charge is 0.342 e. The minimum Gasteiger partial charge on any atom is -0.342 e. The van der Waals surface area contributed by atoms with Gasteiger partial charge >= 0.3 is 0 Å². The van der Waals surface area contributed by atoms with E-state index in [1.165, 1.54) is 19.3 Å². The van der Waals surface area contributed by atoms with Crippen molar-refractivity contribution in [3.63, 3.8) is 0 Å². The lowest BCUT2D eigenvalue weighted by molar-refractivity contribution is -0.125. The van der Waals surface area contributed by atoms with Crippen molar-refractivity contribution in [2.24, 2.45) is 5.92 Å². The lowest BCUT2D eigenvalue weighted by Crippen LogP contribution is -2.47. The Labute approximate surface area is 68.6 Å². The van der Waals surface area contributed by atoms with Crippen molar-refractivity contribution >= 4 is 6.41 Å². The molecule has 64 valence electrons. The highest BCUT2D eigenvalue weighted by Gasteiger charge is 2.26. The summed E-state index contributed by atoms with van der Waals surface area (Å²) in [4.78, 5) is 12.3. The second-order valence-corrected chi connectivity index (χ2v) is 3.53. The van der Waals surface area contributed by atoms with Crippen LogP contribution in [0.5, 0.6) is 0 Å². The maximum absolute atomic E-state index is 10.4. The van der Waals surface area contributed by atoms with Gasteiger partial charge < -0.3 is 4.90 Å². The van der Waals surface area contributed by atoms with Gasteiger partial charge in [0.25, 0.3) is 0 Å². The summed E-state index contributed by atoms with van der Waals surface area (Å²) in [5.74, 6) is 0.766. The Morgan fingerprint density at radius 2 is 2.45 bits per heavy atom. The maximum Gasteiger partial charge on any atom is 0.209 e. The molecule has 1 rings (SSSR count). The van der Waals surface area contributed by atoms with Gasteiger partial charge in [0.15, 0.2) is 0 Å². The lowest BCUT2D eigenvalue weighted by Gasteiger charge is -2.39. The molecule has 0 aromatic carbocycles. The number of rotatable bonds is 4. The molecule has 1 aliphatic heterocycles. The Hall–Kier alpha value is -0.530. The molecular formula is C9H17NO. The van der Waals surface area contributed by atoms with Gasteiger partial charge in [-0.1, -0.05) is 20.3 Å². The van der Waals surface area contributed by atoms with Crippen LogP contribution >= 0.6 is 0 Å². The fraction of sp³-hybridized carbons (Fsp3) is 0.889. The minimum absolute atomic E-state index is 0.558. The fourth-order valence-corrected chi connectivity index (χ4v) is 1.48. The molecule has 2 unspecified atom stereocenters. The Kier molecular flexibility index (Phi) is 2.92. The summed E-state index contributed by atoms with van der Waals surface area (Å²) in [5, 5.41) is 0. The first-order valence-corrected chi connectivity index (χ1v) is 4.49. The molecule has 0 spiro atoms. The predicted octanol–water partition coefficient (Wildman–Crippen LogP) is 1.65. The Morgan fingerprint density at radius 1 is 1.73 bits per heavy atom. The molecule has 2 atom stereocenters. The SMILES string of the molecule is CCC(C)CC1CCN1C=O. The molecule has 0 saturated carbocycles. The number of amides is 1. The van der Waals surface area contributed by atoms with Crippen molar-refractivity contribution in [1.29, 1.82) is 0 Å². The van der Waals surface area contributed by atoms with Gasteiger partial charge in [0.05, 0.1) is 0 Å². The first kappa shape index (κ1) is 8.57. The minimum atomic E-state index is 0.558. The maximum atomic E-state index is 10.4. The summed E-state index contributed by atoms with van der Waals surface area (Å²) in [6.07, 6.45) is 4.61. The molecule has 1 amide bonds. The fourth-order valence-electron chi connectivity index (χ4n) is 1.48. The van der Waals surface area contributed by atoms with Crippen molar-refractivity contribution in [2.75, 3.05) is 6.54 Å². The topological polar surface area (TPSA) is 20.3 Å². The third-order valence-corrected chi connectivity index (χ3v) is 2.70. The van der Waals surface area contributed by atoms with Crippen LogP contribution in [0.25, 0.3) is 0 Å². The van der Waals surface area contributed by atoms with Gasteiger partial charge in [-0.3, -0.25) is 4.79 Å². The monoisotopic (exact) mass is 155 g/mol. The molecule has 0 aromatic heterocycles. The third-order valence-electron chi connectivity index (χ3n) is 2.70. The van der Waals surface area contributed by atoms with Gasteiger partial charge in [-0.15, -0.1) is 0 Å². The lowest BCUT2D eigenvalue weighted by atomic mass is 9.92. The van der Waals surface area contributed by atoms with Gasteiger partial charge in [0.1, 0.15) is 0 Å². The number of carbonyl (C=O) groups is 1. The van der Waals surface area contributed by atoms with Crippen molar-refractivity contribution in [1.82, 2.24) is 4.90 Å². The molecule has 1 aliphatic rings. The molecular weight excluding hydrogens is 138 g/mol. The summed E-state index contributed by atoms with van der Waals surface area (Å²) >= 11 is 0.